The highest BCUT2D eigenvalue weighted by atomic mass is 79.9. The fourth-order valence-electron chi connectivity index (χ4n) is 1.59. The molecule has 1 atom stereocenters. The summed E-state index contributed by atoms with van der Waals surface area (Å²) in [5.74, 6) is 0. The van der Waals surface area contributed by atoms with Crippen LogP contribution < -0.4 is 0 Å². The molecule has 2 aromatic rings. The lowest BCUT2D eigenvalue weighted by Gasteiger charge is -2.11. The van der Waals surface area contributed by atoms with E-state index in [0.717, 1.165) is 13.8 Å². The molecular weight excluding hydrogens is 364 g/mol. The molecule has 0 fully saturated rings. The molecule has 0 saturated heterocycles. The molecule has 4 heteroatoms. The maximum Gasteiger partial charge on any atom is 0.0838 e. The second-order valence-corrected chi connectivity index (χ2v) is 7.34. The van der Waals surface area contributed by atoms with Crippen molar-refractivity contribution in [2.24, 2.45) is 0 Å². The summed E-state index contributed by atoms with van der Waals surface area (Å²) in [6.45, 7) is 2.04. The Labute approximate surface area is 122 Å². The highest BCUT2D eigenvalue weighted by Crippen LogP contribution is 2.28. The first kappa shape index (κ1) is 13.3. The number of hydrogen-bond acceptors (Lipinski definition) is 2. The van der Waals surface area contributed by atoms with E-state index in [1.165, 1.54) is 10.4 Å². The molecule has 0 aliphatic rings. The van der Waals surface area contributed by atoms with Crippen LogP contribution in [0.3, 0.4) is 0 Å². The Balaban J connectivity index is 2.14. The fourth-order valence-corrected chi connectivity index (χ4v) is 3.50. The van der Waals surface area contributed by atoms with E-state index in [1.807, 2.05) is 37.3 Å². The quantitative estimate of drug-likeness (QED) is 0.812. The Morgan fingerprint density at radius 2 is 2.00 bits per heavy atom. The molecule has 0 saturated carbocycles. The molecule has 1 aromatic heterocycles. The minimum atomic E-state index is -0.447. The Morgan fingerprint density at radius 3 is 2.59 bits per heavy atom. The first-order chi connectivity index (χ1) is 8.06. The Kier molecular flexibility index (Phi) is 4.42. The molecule has 0 aliphatic carbocycles. The first-order valence-electron chi connectivity index (χ1n) is 5.24. The van der Waals surface area contributed by atoms with Crippen molar-refractivity contribution in [2.75, 3.05) is 0 Å². The van der Waals surface area contributed by atoms with E-state index in [1.54, 1.807) is 11.3 Å². The monoisotopic (exact) mass is 374 g/mol. The fraction of sp³-hybridized carbons (Fsp3) is 0.231. The minimum Gasteiger partial charge on any atom is -0.388 e. The molecule has 1 aromatic carbocycles. The molecule has 1 unspecified atom stereocenters. The molecular formula is C13H12Br2OS. The molecule has 17 heavy (non-hydrogen) atoms. The topological polar surface area (TPSA) is 20.2 Å². The Hall–Kier alpha value is -0.160. The summed E-state index contributed by atoms with van der Waals surface area (Å²) in [5.41, 5.74) is 2.13. The summed E-state index contributed by atoms with van der Waals surface area (Å²) in [6.07, 6.45) is 0.212. The van der Waals surface area contributed by atoms with Gasteiger partial charge in [-0.25, -0.2) is 0 Å². The smallest absolute Gasteiger partial charge is 0.0838 e. The summed E-state index contributed by atoms with van der Waals surface area (Å²) in [7, 11) is 0. The largest absolute Gasteiger partial charge is 0.388 e. The van der Waals surface area contributed by atoms with Crippen LogP contribution in [-0.4, -0.2) is 5.11 Å². The molecule has 0 aliphatic heterocycles. The van der Waals surface area contributed by atoms with Gasteiger partial charge in [-0.2, -0.15) is 0 Å². The lowest BCUT2D eigenvalue weighted by Crippen LogP contribution is -2.00. The van der Waals surface area contributed by atoms with Gasteiger partial charge < -0.3 is 5.11 Å². The molecule has 2 rings (SSSR count). The summed E-state index contributed by atoms with van der Waals surface area (Å²) in [5, 5.41) is 10.2. The molecule has 0 radical (unpaired) electrons. The average molecular weight is 376 g/mol. The van der Waals surface area contributed by atoms with Gasteiger partial charge in [0.2, 0.25) is 0 Å². The number of aryl methyl sites for hydroxylation is 1. The van der Waals surface area contributed by atoms with Crippen LogP contribution in [0.5, 0.6) is 0 Å². The molecule has 0 spiro atoms. The van der Waals surface area contributed by atoms with E-state index in [9.17, 15) is 5.11 Å². The lowest BCUT2D eigenvalue weighted by molar-refractivity contribution is 0.179. The molecule has 1 nitrogen and oxygen atoms in total. The normalized spacial score (nSPS) is 12.7. The Morgan fingerprint density at radius 1 is 1.24 bits per heavy atom. The van der Waals surface area contributed by atoms with Gasteiger partial charge in [-0.3, -0.25) is 0 Å². The van der Waals surface area contributed by atoms with E-state index in [4.69, 9.17) is 0 Å². The van der Waals surface area contributed by atoms with Gasteiger partial charge in [-0.15, -0.1) is 11.3 Å². The van der Waals surface area contributed by atoms with Crippen molar-refractivity contribution in [1.29, 1.82) is 0 Å². The van der Waals surface area contributed by atoms with Crippen molar-refractivity contribution < 1.29 is 5.11 Å². The summed E-state index contributed by atoms with van der Waals surface area (Å²) in [6, 6.07) is 10.0. The lowest BCUT2D eigenvalue weighted by atomic mass is 10.0. The second kappa shape index (κ2) is 5.65. The number of aliphatic hydroxyl groups excluding tert-OH is 1. The van der Waals surface area contributed by atoms with Crippen LogP contribution in [0.25, 0.3) is 0 Å². The zero-order chi connectivity index (χ0) is 12.4. The van der Waals surface area contributed by atoms with Crippen molar-refractivity contribution in [1.82, 2.24) is 0 Å². The predicted octanol–water partition coefficient (Wildman–Crippen LogP) is 4.86. The molecule has 0 bridgehead atoms. The van der Waals surface area contributed by atoms with Gasteiger partial charge in [-0.05, 0) is 52.2 Å². The van der Waals surface area contributed by atoms with E-state index in [-0.39, 0.29) is 0 Å². The van der Waals surface area contributed by atoms with Gasteiger partial charge in [-0.1, -0.05) is 28.1 Å². The third kappa shape index (κ3) is 3.41. The van der Waals surface area contributed by atoms with E-state index in [0.29, 0.717) is 6.42 Å². The summed E-state index contributed by atoms with van der Waals surface area (Å²) in [4.78, 5) is 1.18. The predicted molar refractivity (Wildman–Crippen MR) is 79.6 cm³/mol. The highest BCUT2D eigenvalue weighted by Gasteiger charge is 2.11. The summed E-state index contributed by atoms with van der Waals surface area (Å²) < 4.78 is 2.14. The van der Waals surface area contributed by atoms with Crippen LogP contribution in [0.1, 0.15) is 22.1 Å². The third-order valence-corrected chi connectivity index (χ3v) is 5.10. The molecule has 1 heterocycles. The van der Waals surface area contributed by atoms with E-state index >= 15 is 0 Å². The van der Waals surface area contributed by atoms with Gasteiger partial charge in [0.1, 0.15) is 0 Å². The summed E-state index contributed by atoms with van der Waals surface area (Å²) >= 11 is 8.58. The highest BCUT2D eigenvalue weighted by molar-refractivity contribution is 9.11. The van der Waals surface area contributed by atoms with Gasteiger partial charge in [0.15, 0.2) is 0 Å². The number of aliphatic hydroxyl groups is 1. The van der Waals surface area contributed by atoms with E-state index in [2.05, 4.69) is 31.9 Å². The van der Waals surface area contributed by atoms with Crippen LogP contribution in [0, 0.1) is 6.92 Å². The maximum atomic E-state index is 10.2. The van der Waals surface area contributed by atoms with Crippen LogP contribution in [0.2, 0.25) is 0 Å². The standard InChI is InChI=1S/C13H12Br2OS/c1-8-2-3-9(6-11(8)14)12(16)7-10-4-5-13(15)17-10/h2-6,12,16H,7H2,1H3. The number of hydrogen-bond donors (Lipinski definition) is 1. The van der Waals surface area contributed by atoms with Crippen LogP contribution in [0.4, 0.5) is 0 Å². The van der Waals surface area contributed by atoms with Gasteiger partial charge in [0.25, 0.3) is 0 Å². The molecule has 1 N–H and O–H groups in total. The van der Waals surface area contributed by atoms with Gasteiger partial charge in [0.05, 0.1) is 9.89 Å². The second-order valence-electron chi connectivity index (χ2n) is 3.93. The van der Waals surface area contributed by atoms with Crippen molar-refractivity contribution in [3.8, 4) is 0 Å². The van der Waals surface area contributed by atoms with Gasteiger partial charge >= 0.3 is 0 Å². The SMILES string of the molecule is Cc1ccc(C(O)Cc2ccc(Br)s2)cc1Br. The number of benzene rings is 1. The third-order valence-electron chi connectivity index (χ3n) is 2.60. The van der Waals surface area contributed by atoms with Crippen molar-refractivity contribution in [2.45, 2.75) is 19.4 Å². The van der Waals surface area contributed by atoms with Crippen LogP contribution >= 0.6 is 43.2 Å². The number of rotatable bonds is 3. The maximum absolute atomic E-state index is 10.2. The van der Waals surface area contributed by atoms with Crippen LogP contribution in [0.15, 0.2) is 38.6 Å². The minimum absolute atomic E-state index is 0.447. The van der Waals surface area contributed by atoms with Crippen molar-refractivity contribution >= 4 is 43.2 Å². The van der Waals surface area contributed by atoms with Crippen molar-refractivity contribution in [3.05, 3.63) is 54.6 Å². The molecule has 0 amide bonds. The van der Waals surface area contributed by atoms with Crippen molar-refractivity contribution in [3.63, 3.8) is 0 Å². The molecule has 90 valence electrons. The van der Waals surface area contributed by atoms with Gasteiger partial charge in [0, 0.05) is 15.8 Å². The number of thiophene rings is 1. The Bertz CT molecular complexity index is 522. The average Bonchev–Trinajstić information content (AvgIpc) is 2.68. The van der Waals surface area contributed by atoms with Crippen LogP contribution in [-0.2, 0) is 6.42 Å². The zero-order valence-corrected chi connectivity index (χ0v) is 13.3. The van der Waals surface area contributed by atoms with E-state index < -0.39 is 6.10 Å². The first-order valence-corrected chi connectivity index (χ1v) is 7.65. The number of halogens is 2. The zero-order valence-electron chi connectivity index (χ0n) is 9.28.